The molecule has 26 heavy (non-hydrogen) atoms. The van der Waals surface area contributed by atoms with Crippen molar-refractivity contribution >= 4 is 5.97 Å². The van der Waals surface area contributed by atoms with E-state index in [-0.39, 0.29) is 12.5 Å². The topological polar surface area (TPSA) is 60.4 Å². The molecule has 0 aromatic carbocycles. The second kappa shape index (κ2) is 16.6. The van der Waals surface area contributed by atoms with Crippen LogP contribution in [-0.4, -0.2) is 48.8 Å². The third-order valence-corrected chi connectivity index (χ3v) is 5.24. The first-order chi connectivity index (χ1) is 12.4. The van der Waals surface area contributed by atoms with Gasteiger partial charge in [-0.2, -0.15) is 0 Å². The van der Waals surface area contributed by atoms with Crippen molar-refractivity contribution in [3.63, 3.8) is 0 Å². The molecule has 0 aromatic rings. The quantitative estimate of drug-likeness (QED) is 0.275. The van der Waals surface area contributed by atoms with Gasteiger partial charge in [0.1, 0.15) is 12.6 Å². The fourth-order valence-electron chi connectivity index (χ4n) is 3.61. The van der Waals surface area contributed by atoms with E-state index >= 15 is 0 Å². The minimum absolute atomic E-state index is 0.176. The van der Waals surface area contributed by atoms with Gasteiger partial charge in [-0.15, -0.1) is 0 Å². The zero-order valence-electron chi connectivity index (χ0n) is 17.8. The summed E-state index contributed by atoms with van der Waals surface area (Å²) in [4.78, 5) is 10.4. The van der Waals surface area contributed by atoms with Crippen LogP contribution in [0.1, 0.15) is 103 Å². The molecule has 0 saturated heterocycles. The lowest BCUT2D eigenvalue weighted by Crippen LogP contribution is -2.46. The Bertz CT molecular complexity index is 331. The normalized spacial score (nSPS) is 13.1. The average molecular weight is 372 g/mol. The summed E-state index contributed by atoms with van der Waals surface area (Å²) in [7, 11) is 4.36. The standard InChI is InChI=1S/C22H45NO3/c1-4-5-6-7-8-9-10-11-14-17-21(24)20-23(2,3)19-16-13-12-15-18-22(25)26/h21,24H,4-20H2,1-3H3. The van der Waals surface area contributed by atoms with Crippen molar-refractivity contribution in [2.45, 2.75) is 109 Å². The van der Waals surface area contributed by atoms with Crippen molar-refractivity contribution in [2.24, 2.45) is 0 Å². The van der Waals surface area contributed by atoms with Gasteiger partial charge in [-0.05, 0) is 32.1 Å². The lowest BCUT2D eigenvalue weighted by Gasteiger charge is -2.32. The first kappa shape index (κ1) is 25.4. The van der Waals surface area contributed by atoms with E-state index in [9.17, 15) is 15.0 Å². The Balaban J connectivity index is 3.55. The third kappa shape index (κ3) is 18.2. The molecule has 4 heteroatoms. The first-order valence-electron chi connectivity index (χ1n) is 11.1. The number of quaternary nitrogens is 1. The lowest BCUT2D eigenvalue weighted by molar-refractivity contribution is -0.893. The molecular formula is C22H45NO3. The minimum atomic E-state index is -0.944. The van der Waals surface area contributed by atoms with Gasteiger partial charge in [-0.3, -0.25) is 0 Å². The molecular weight excluding hydrogens is 326 g/mol. The maximum Gasteiger partial charge on any atom is 0.105 e. The van der Waals surface area contributed by atoms with Crippen LogP contribution in [0.2, 0.25) is 0 Å². The van der Waals surface area contributed by atoms with Crippen LogP contribution in [-0.2, 0) is 4.79 Å². The number of rotatable bonds is 19. The summed E-state index contributed by atoms with van der Waals surface area (Å²) in [5.41, 5.74) is 0. The molecule has 0 saturated carbocycles. The van der Waals surface area contributed by atoms with E-state index in [0.29, 0.717) is 0 Å². The van der Waals surface area contributed by atoms with Crippen molar-refractivity contribution in [2.75, 3.05) is 27.2 Å². The number of unbranched alkanes of at least 4 members (excludes halogenated alkanes) is 11. The van der Waals surface area contributed by atoms with E-state index in [1.54, 1.807) is 0 Å². The highest BCUT2D eigenvalue weighted by molar-refractivity contribution is 5.63. The van der Waals surface area contributed by atoms with E-state index in [1.165, 1.54) is 51.4 Å². The average Bonchev–Trinajstić information content (AvgIpc) is 2.55. The second-order valence-electron chi connectivity index (χ2n) is 8.65. The van der Waals surface area contributed by atoms with E-state index in [2.05, 4.69) is 21.0 Å². The van der Waals surface area contributed by atoms with E-state index < -0.39 is 5.97 Å². The number of carbonyl (C=O) groups excluding carboxylic acids is 1. The molecule has 1 atom stereocenters. The highest BCUT2D eigenvalue weighted by atomic mass is 16.4. The Hall–Kier alpha value is -0.610. The minimum Gasteiger partial charge on any atom is -0.550 e. The van der Waals surface area contributed by atoms with Gasteiger partial charge in [0.05, 0.1) is 20.6 Å². The molecule has 1 N–H and O–H groups in total. The van der Waals surface area contributed by atoms with Crippen LogP contribution in [0.4, 0.5) is 0 Å². The number of aliphatic hydroxyl groups excluding tert-OH is 1. The number of aliphatic hydroxyl groups is 1. The maximum atomic E-state index is 10.4. The monoisotopic (exact) mass is 371 g/mol. The molecule has 0 aliphatic rings. The molecule has 0 amide bonds. The van der Waals surface area contributed by atoms with Crippen LogP contribution in [0.15, 0.2) is 0 Å². The summed E-state index contributed by atoms with van der Waals surface area (Å²) in [6.45, 7) is 4.11. The summed E-state index contributed by atoms with van der Waals surface area (Å²) in [5.74, 6) is -0.944. The van der Waals surface area contributed by atoms with Gasteiger partial charge >= 0.3 is 0 Å². The Morgan fingerprint density at radius 1 is 0.846 bits per heavy atom. The van der Waals surface area contributed by atoms with Crippen molar-refractivity contribution in [1.82, 2.24) is 0 Å². The molecule has 1 unspecified atom stereocenters. The van der Waals surface area contributed by atoms with Crippen LogP contribution in [0.3, 0.4) is 0 Å². The van der Waals surface area contributed by atoms with Crippen LogP contribution in [0, 0.1) is 0 Å². The number of likely N-dealkylation sites (N-methyl/N-ethyl adjacent to an activating group) is 1. The van der Waals surface area contributed by atoms with Gasteiger partial charge in [0.2, 0.25) is 0 Å². The van der Waals surface area contributed by atoms with Gasteiger partial charge in [-0.1, -0.05) is 71.1 Å². The van der Waals surface area contributed by atoms with Crippen molar-refractivity contribution < 1.29 is 19.5 Å². The zero-order valence-corrected chi connectivity index (χ0v) is 17.8. The number of carboxylic acids is 1. The SMILES string of the molecule is CCCCCCCCCCCC(O)C[N+](C)(C)CCCCCCC(=O)[O-]. The fraction of sp³-hybridized carbons (Fsp3) is 0.955. The van der Waals surface area contributed by atoms with Gasteiger partial charge in [-0.25, -0.2) is 0 Å². The molecule has 0 bridgehead atoms. The predicted molar refractivity (Wildman–Crippen MR) is 108 cm³/mol. The molecule has 0 radical (unpaired) electrons. The maximum absolute atomic E-state index is 10.4. The number of aliphatic carboxylic acids is 1. The Kier molecular flexibility index (Phi) is 16.2. The fourth-order valence-corrected chi connectivity index (χ4v) is 3.61. The molecule has 156 valence electrons. The molecule has 0 spiro atoms. The zero-order chi connectivity index (χ0) is 19.7. The molecule has 4 nitrogen and oxygen atoms in total. The molecule has 0 aromatic heterocycles. The summed E-state index contributed by atoms with van der Waals surface area (Å²) >= 11 is 0. The number of hydrogen-bond acceptors (Lipinski definition) is 3. The van der Waals surface area contributed by atoms with E-state index in [1.807, 2.05) is 0 Å². The highest BCUT2D eigenvalue weighted by Crippen LogP contribution is 2.13. The van der Waals surface area contributed by atoms with Crippen LogP contribution < -0.4 is 5.11 Å². The second-order valence-corrected chi connectivity index (χ2v) is 8.65. The predicted octanol–water partition coefficient (Wildman–Crippen LogP) is 4.05. The largest absolute Gasteiger partial charge is 0.550 e. The number of carboxylic acid groups (broad SMARTS) is 1. The molecule has 0 fully saturated rings. The summed E-state index contributed by atoms with van der Waals surface area (Å²) in [5, 5.41) is 20.7. The molecule has 0 aliphatic heterocycles. The number of carbonyl (C=O) groups is 1. The Labute approximate surface area is 162 Å². The number of nitrogens with zero attached hydrogens (tertiary/aromatic N) is 1. The number of hydrogen-bond donors (Lipinski definition) is 1. The smallest absolute Gasteiger partial charge is 0.105 e. The van der Waals surface area contributed by atoms with Gasteiger partial charge in [0.15, 0.2) is 0 Å². The summed E-state index contributed by atoms with van der Waals surface area (Å²) < 4.78 is 0.846. The third-order valence-electron chi connectivity index (χ3n) is 5.24. The Morgan fingerprint density at radius 3 is 1.92 bits per heavy atom. The van der Waals surface area contributed by atoms with Gasteiger partial charge < -0.3 is 19.5 Å². The molecule has 0 heterocycles. The first-order valence-corrected chi connectivity index (χ1v) is 11.1. The summed E-state index contributed by atoms with van der Waals surface area (Å²) in [6, 6.07) is 0. The van der Waals surface area contributed by atoms with Gasteiger partial charge in [0.25, 0.3) is 0 Å². The lowest BCUT2D eigenvalue weighted by atomic mass is 10.0. The van der Waals surface area contributed by atoms with Crippen LogP contribution >= 0.6 is 0 Å². The van der Waals surface area contributed by atoms with Gasteiger partial charge in [0, 0.05) is 5.97 Å². The van der Waals surface area contributed by atoms with Crippen molar-refractivity contribution in [1.29, 1.82) is 0 Å². The Morgan fingerprint density at radius 2 is 1.35 bits per heavy atom. The van der Waals surface area contributed by atoms with Crippen molar-refractivity contribution in [3.8, 4) is 0 Å². The van der Waals surface area contributed by atoms with Crippen LogP contribution in [0.25, 0.3) is 0 Å². The van der Waals surface area contributed by atoms with Crippen LogP contribution in [0.5, 0.6) is 0 Å². The van der Waals surface area contributed by atoms with Crippen molar-refractivity contribution in [3.05, 3.63) is 0 Å². The molecule has 0 aliphatic carbocycles. The highest BCUT2D eigenvalue weighted by Gasteiger charge is 2.19. The summed E-state index contributed by atoms with van der Waals surface area (Å²) in [6.07, 6.45) is 16.6. The molecule has 0 rings (SSSR count). The van der Waals surface area contributed by atoms with E-state index in [4.69, 9.17) is 0 Å². The van der Waals surface area contributed by atoms with E-state index in [0.717, 1.165) is 56.1 Å².